The highest BCUT2D eigenvalue weighted by Gasteiger charge is 2.64. The van der Waals surface area contributed by atoms with Gasteiger partial charge in [0.05, 0.1) is 0 Å². The quantitative estimate of drug-likeness (QED) is 0.780. The molecule has 0 radical (unpaired) electrons. The number of carboxylic acids is 1. The number of hydrogen-bond donors (Lipinski definition) is 1. The third kappa shape index (κ3) is 2.42. The first kappa shape index (κ1) is 14.4. The van der Waals surface area contributed by atoms with Crippen molar-refractivity contribution in [2.75, 3.05) is 13.1 Å². The molecule has 1 unspecified atom stereocenters. The van der Waals surface area contributed by atoms with Gasteiger partial charge in [0.2, 0.25) is 5.91 Å². The molecule has 0 aromatic heterocycles. The van der Waals surface area contributed by atoms with Crippen LogP contribution in [-0.2, 0) is 9.59 Å². The van der Waals surface area contributed by atoms with Gasteiger partial charge in [-0.25, -0.2) is 0 Å². The Hall–Kier alpha value is -1.71. The van der Waals surface area contributed by atoms with E-state index in [1.165, 1.54) is 0 Å². The van der Waals surface area contributed by atoms with Gasteiger partial charge < -0.3 is 10.0 Å². The summed E-state index contributed by atoms with van der Waals surface area (Å²) < 4.78 is 38.4. The standard InChI is InChI=1S/C11H12F3NO3/c1-2-3-4-8(16)15-6-5-10(7-15,9(17)18)11(12,13)14/h1H,3-7H2,(H,17,18). The highest BCUT2D eigenvalue weighted by atomic mass is 19.4. The van der Waals surface area contributed by atoms with Gasteiger partial charge in [-0.1, -0.05) is 0 Å². The Morgan fingerprint density at radius 1 is 1.44 bits per heavy atom. The molecule has 4 nitrogen and oxygen atoms in total. The van der Waals surface area contributed by atoms with Crippen LogP contribution < -0.4 is 0 Å². The molecule has 0 aliphatic carbocycles. The molecule has 1 aliphatic rings. The minimum absolute atomic E-state index is 0.0654. The van der Waals surface area contributed by atoms with Crippen LogP contribution in [0.1, 0.15) is 19.3 Å². The summed E-state index contributed by atoms with van der Waals surface area (Å²) in [6.45, 7) is -1.05. The van der Waals surface area contributed by atoms with E-state index in [0.717, 1.165) is 4.90 Å². The van der Waals surface area contributed by atoms with E-state index < -0.39 is 36.4 Å². The number of carbonyl (C=O) groups excluding carboxylic acids is 1. The Bertz CT molecular complexity index is 399. The summed E-state index contributed by atoms with van der Waals surface area (Å²) in [6, 6.07) is 0. The fourth-order valence-corrected chi connectivity index (χ4v) is 1.89. The van der Waals surface area contributed by atoms with E-state index >= 15 is 0 Å². The zero-order valence-electron chi connectivity index (χ0n) is 9.46. The van der Waals surface area contributed by atoms with Crippen LogP contribution in [0.5, 0.6) is 0 Å². The lowest BCUT2D eigenvalue weighted by molar-refractivity contribution is -0.227. The minimum Gasteiger partial charge on any atom is -0.481 e. The Labute approximate surface area is 102 Å². The number of amides is 1. The van der Waals surface area contributed by atoms with E-state index in [4.69, 9.17) is 11.5 Å². The molecule has 100 valence electrons. The lowest BCUT2D eigenvalue weighted by Gasteiger charge is -2.27. The highest BCUT2D eigenvalue weighted by molar-refractivity contribution is 5.81. The van der Waals surface area contributed by atoms with Crippen molar-refractivity contribution in [3.05, 3.63) is 0 Å². The second-order valence-corrected chi connectivity index (χ2v) is 4.15. The third-order valence-corrected chi connectivity index (χ3v) is 3.06. The van der Waals surface area contributed by atoms with Crippen LogP contribution in [0.25, 0.3) is 0 Å². The Balaban J connectivity index is 2.82. The molecule has 0 aromatic rings. The van der Waals surface area contributed by atoms with E-state index in [9.17, 15) is 22.8 Å². The van der Waals surface area contributed by atoms with Gasteiger partial charge in [-0.2, -0.15) is 13.2 Å². The molecule has 1 saturated heterocycles. The Morgan fingerprint density at radius 3 is 2.44 bits per heavy atom. The van der Waals surface area contributed by atoms with Crippen LogP contribution in [-0.4, -0.2) is 41.1 Å². The van der Waals surface area contributed by atoms with Crippen molar-refractivity contribution in [2.45, 2.75) is 25.4 Å². The molecular formula is C11H12F3NO3. The lowest BCUT2D eigenvalue weighted by Crippen LogP contribution is -2.47. The zero-order valence-corrected chi connectivity index (χ0v) is 9.46. The minimum atomic E-state index is -4.88. The number of likely N-dealkylation sites (tertiary alicyclic amines) is 1. The summed E-state index contributed by atoms with van der Waals surface area (Å²) in [5.41, 5.74) is -2.85. The van der Waals surface area contributed by atoms with Gasteiger partial charge in [0, 0.05) is 25.9 Å². The van der Waals surface area contributed by atoms with Crippen LogP contribution in [0.3, 0.4) is 0 Å². The van der Waals surface area contributed by atoms with Crippen molar-refractivity contribution in [1.82, 2.24) is 4.90 Å². The number of alkyl halides is 3. The van der Waals surface area contributed by atoms with Gasteiger partial charge >= 0.3 is 12.1 Å². The molecular weight excluding hydrogens is 251 g/mol. The first-order valence-electron chi connectivity index (χ1n) is 5.26. The van der Waals surface area contributed by atoms with Crippen LogP contribution in [0.15, 0.2) is 0 Å². The van der Waals surface area contributed by atoms with E-state index in [1.807, 2.05) is 0 Å². The van der Waals surface area contributed by atoms with Crippen molar-refractivity contribution in [2.24, 2.45) is 5.41 Å². The van der Waals surface area contributed by atoms with Crippen molar-refractivity contribution in [3.63, 3.8) is 0 Å². The SMILES string of the molecule is C#CCCC(=O)N1CCC(C(=O)O)(C(F)(F)F)C1. The van der Waals surface area contributed by atoms with Crippen molar-refractivity contribution in [1.29, 1.82) is 0 Å². The molecule has 1 aliphatic heterocycles. The maximum Gasteiger partial charge on any atom is 0.406 e. The van der Waals surface area contributed by atoms with Crippen molar-refractivity contribution < 1.29 is 27.9 Å². The number of aliphatic carboxylic acids is 1. The Kier molecular flexibility index (Phi) is 3.89. The molecule has 0 spiro atoms. The lowest BCUT2D eigenvalue weighted by atomic mass is 9.86. The summed E-state index contributed by atoms with van der Waals surface area (Å²) in [4.78, 5) is 23.3. The molecule has 1 amide bonds. The molecule has 1 N–H and O–H groups in total. The number of hydrogen-bond acceptors (Lipinski definition) is 2. The summed E-state index contributed by atoms with van der Waals surface area (Å²) >= 11 is 0. The molecule has 7 heteroatoms. The highest BCUT2D eigenvalue weighted by Crippen LogP contribution is 2.45. The van der Waals surface area contributed by atoms with Crippen LogP contribution in [0.4, 0.5) is 13.2 Å². The largest absolute Gasteiger partial charge is 0.481 e. The van der Waals surface area contributed by atoms with Gasteiger partial charge in [-0.3, -0.25) is 9.59 Å². The predicted octanol–water partition coefficient (Wildman–Crippen LogP) is 1.27. The average Bonchev–Trinajstić information content (AvgIpc) is 2.71. The smallest absolute Gasteiger partial charge is 0.406 e. The number of nitrogens with zero attached hydrogens (tertiary/aromatic N) is 1. The normalized spacial score (nSPS) is 23.8. The van der Waals surface area contributed by atoms with Gasteiger partial charge in [-0.15, -0.1) is 12.3 Å². The first-order valence-corrected chi connectivity index (χ1v) is 5.26. The summed E-state index contributed by atoms with van der Waals surface area (Å²) in [5.74, 6) is -0.274. The van der Waals surface area contributed by atoms with E-state index in [1.54, 1.807) is 0 Å². The second kappa shape index (κ2) is 4.88. The molecule has 1 rings (SSSR count). The summed E-state index contributed by atoms with van der Waals surface area (Å²) in [5, 5.41) is 8.78. The van der Waals surface area contributed by atoms with Gasteiger partial charge in [0.15, 0.2) is 5.41 Å². The van der Waals surface area contributed by atoms with Crippen LogP contribution >= 0.6 is 0 Å². The number of halogens is 3. The summed E-state index contributed by atoms with van der Waals surface area (Å²) in [7, 11) is 0. The van der Waals surface area contributed by atoms with Gasteiger partial charge in [0.25, 0.3) is 0 Å². The number of carboxylic acid groups (broad SMARTS) is 1. The maximum absolute atomic E-state index is 12.8. The third-order valence-electron chi connectivity index (χ3n) is 3.06. The maximum atomic E-state index is 12.8. The number of terminal acetylenes is 1. The van der Waals surface area contributed by atoms with Gasteiger partial charge in [0.1, 0.15) is 0 Å². The number of rotatable bonds is 3. The first-order chi connectivity index (χ1) is 8.24. The second-order valence-electron chi connectivity index (χ2n) is 4.15. The van der Waals surface area contributed by atoms with Gasteiger partial charge in [-0.05, 0) is 6.42 Å². The molecule has 18 heavy (non-hydrogen) atoms. The van der Waals surface area contributed by atoms with Crippen molar-refractivity contribution >= 4 is 11.9 Å². The summed E-state index contributed by atoms with van der Waals surface area (Å²) in [6.07, 6.45) is -0.480. The molecule has 0 saturated carbocycles. The topological polar surface area (TPSA) is 57.6 Å². The molecule has 1 heterocycles. The molecule has 0 aromatic carbocycles. The fraction of sp³-hybridized carbons (Fsp3) is 0.636. The van der Waals surface area contributed by atoms with Crippen LogP contribution in [0, 0.1) is 17.8 Å². The average molecular weight is 263 g/mol. The Morgan fingerprint density at radius 2 is 2.06 bits per heavy atom. The molecule has 1 fully saturated rings. The number of carbonyl (C=O) groups is 2. The molecule has 0 bridgehead atoms. The predicted molar refractivity (Wildman–Crippen MR) is 55.4 cm³/mol. The molecule has 1 atom stereocenters. The van der Waals surface area contributed by atoms with Crippen molar-refractivity contribution in [3.8, 4) is 12.3 Å². The fourth-order valence-electron chi connectivity index (χ4n) is 1.89. The zero-order chi connectivity index (χ0) is 14.0. The monoisotopic (exact) mass is 263 g/mol. The van der Waals surface area contributed by atoms with Crippen LogP contribution in [0.2, 0.25) is 0 Å². The van der Waals surface area contributed by atoms with E-state index in [0.29, 0.717) is 0 Å². The van der Waals surface area contributed by atoms with E-state index in [-0.39, 0.29) is 19.4 Å². The van der Waals surface area contributed by atoms with E-state index in [2.05, 4.69) is 5.92 Å².